The summed E-state index contributed by atoms with van der Waals surface area (Å²) in [5.74, 6) is -0.935. The molecule has 1 unspecified atom stereocenters. The van der Waals surface area contributed by atoms with Crippen molar-refractivity contribution in [3.63, 3.8) is 0 Å². The molecule has 4 amide bonds. The zero-order valence-corrected chi connectivity index (χ0v) is 44.0. The van der Waals surface area contributed by atoms with Gasteiger partial charge in [-0.1, -0.05) is 93.9 Å². The Kier molecular flexibility index (Phi) is 18.4. The molecule has 5 heterocycles. The smallest absolute Gasteiger partial charge is 0.246 e. The highest BCUT2D eigenvalue weighted by Gasteiger charge is 2.44. The Morgan fingerprint density at radius 2 is 1.64 bits per heavy atom. The topological polar surface area (TPSA) is 198 Å². The number of β-amino-alcohol motifs (C(OH)–C–C–N with tert-alkyl or cyclic N) is 1. The van der Waals surface area contributed by atoms with Crippen molar-refractivity contribution in [2.75, 3.05) is 25.4 Å². The van der Waals surface area contributed by atoms with Crippen molar-refractivity contribution in [1.29, 1.82) is 0 Å². The molecule has 0 saturated carbocycles. The number of carbonyl (C=O) groups excluding carboxylic acids is 4. The first-order valence-electron chi connectivity index (χ1n) is 24.8. The lowest BCUT2D eigenvalue weighted by molar-refractivity contribution is -0.144. The summed E-state index contributed by atoms with van der Waals surface area (Å²) in [4.78, 5) is 67.0. The van der Waals surface area contributed by atoms with E-state index in [-0.39, 0.29) is 71.5 Å². The van der Waals surface area contributed by atoms with E-state index in [0.717, 1.165) is 77.8 Å². The number of hydrogen-bond donors (Lipinski definition) is 4. The fraction of sp³-hybridized carbons (Fsp3) is 0.491. The molecule has 15 nitrogen and oxygen atoms in total. The number of ether oxygens (including phenoxy) is 1. The second-order valence-corrected chi connectivity index (χ2v) is 21.7. The van der Waals surface area contributed by atoms with Crippen LogP contribution >= 0.6 is 34.5 Å². The van der Waals surface area contributed by atoms with Crippen molar-refractivity contribution in [2.24, 2.45) is 5.41 Å². The van der Waals surface area contributed by atoms with E-state index in [4.69, 9.17) is 33.7 Å². The van der Waals surface area contributed by atoms with E-state index >= 15 is 0 Å². The number of nitrogens with two attached hydrogens (primary N) is 1. The lowest BCUT2D eigenvalue weighted by Gasteiger charge is -2.35. The highest BCUT2D eigenvalue weighted by Crippen LogP contribution is 2.38. The predicted molar refractivity (Wildman–Crippen MR) is 279 cm³/mol. The summed E-state index contributed by atoms with van der Waals surface area (Å²) < 4.78 is 22.2. The van der Waals surface area contributed by atoms with Gasteiger partial charge in [-0.15, -0.1) is 11.3 Å². The monoisotopic (exact) mass is 1050 g/mol. The van der Waals surface area contributed by atoms with Gasteiger partial charge in [-0.25, -0.2) is 14.4 Å². The number of nitrogen functional groups attached to an aromatic ring is 1. The number of piperidine rings is 1. The largest absolute Gasteiger partial charge is 0.482 e. The van der Waals surface area contributed by atoms with E-state index in [0.29, 0.717) is 37.2 Å². The van der Waals surface area contributed by atoms with Gasteiger partial charge in [-0.05, 0) is 74.3 Å². The maximum Gasteiger partial charge on any atom is 0.246 e. The van der Waals surface area contributed by atoms with Gasteiger partial charge < -0.3 is 36.0 Å². The molecule has 386 valence electrons. The number of carbonyl (C=O) groups is 4. The number of aliphatic hydroxyl groups excluding tert-OH is 1. The Morgan fingerprint density at radius 1 is 0.944 bits per heavy atom. The fourth-order valence-corrected chi connectivity index (χ4v) is 10.9. The van der Waals surface area contributed by atoms with Crippen molar-refractivity contribution in [1.82, 2.24) is 40.2 Å². The summed E-state index contributed by atoms with van der Waals surface area (Å²) >= 11 is 14.1. The number of unbranched alkanes of at least 4 members (excludes halogenated alkanes) is 5. The van der Waals surface area contributed by atoms with Gasteiger partial charge in [-0.2, -0.15) is 5.10 Å². The van der Waals surface area contributed by atoms with E-state index in [9.17, 15) is 28.7 Å². The number of aromatic nitrogens is 4. The van der Waals surface area contributed by atoms with Crippen LogP contribution in [0.4, 0.5) is 10.2 Å². The molecule has 7 rings (SSSR count). The SMILES string of the molecule is Cc1ncsc1-c1ccc(CNC(=O)[C@@H]2C[C@@H](O)CN2C(=O)C(NC(=O)CCCCCCCCC(=O)N2CCC(n3cc(-c4cnc(N)c(O[C@H](C)c5c(Cl)ccc(F)c5Cl)c4)cn3)CC2)C(C)(C)C)cc1. The maximum absolute atomic E-state index is 14.2. The van der Waals surface area contributed by atoms with Crippen LogP contribution in [-0.4, -0.2) is 96.1 Å². The number of thiazole rings is 1. The molecule has 4 atom stereocenters. The third kappa shape index (κ3) is 13.7. The molecule has 5 N–H and O–H groups in total. The van der Waals surface area contributed by atoms with Gasteiger partial charge in [-0.3, -0.25) is 23.9 Å². The standard InChI is InChI=1S/C53H66Cl2FN9O6S/c1-32-48(72-31-60-32)35-16-14-34(15-17-35)26-59-51(69)42-25-39(66)30-64(42)52(70)49(53(3,4)5)62-44(67)12-10-8-6-7-9-11-13-45(68)63-22-20-38(21-23-63)65-29-37(28-61-65)36-24-43(50(57)58-27-36)71-33(2)46-40(54)18-19-41(56)47(46)55/h14-19,24,27-29,31,33,38-39,42,49,66H,6-13,20-23,25-26,30H2,1-5H3,(H2,57,58)(H,59,69)(H,62,67)/t33-,39-,42+,49?/m1/s1. The fourth-order valence-electron chi connectivity index (χ4n) is 9.38. The summed E-state index contributed by atoms with van der Waals surface area (Å²) in [5.41, 5.74) is 12.1. The summed E-state index contributed by atoms with van der Waals surface area (Å²) in [6.07, 6.45) is 11.3. The van der Waals surface area contributed by atoms with Crippen LogP contribution in [0.5, 0.6) is 5.75 Å². The molecule has 0 radical (unpaired) electrons. The van der Waals surface area contributed by atoms with Crippen LogP contribution in [0.3, 0.4) is 0 Å². The molecule has 2 fully saturated rings. The average molecular weight is 1050 g/mol. The maximum atomic E-state index is 14.2. The number of likely N-dealkylation sites (tertiary alicyclic amines) is 2. The van der Waals surface area contributed by atoms with Crippen LogP contribution in [0.25, 0.3) is 21.6 Å². The Labute approximate surface area is 435 Å². The normalized spacial score (nSPS) is 17.2. The van der Waals surface area contributed by atoms with Gasteiger partial charge in [0.05, 0.1) is 39.4 Å². The molecular formula is C53H66Cl2FN9O6S. The number of anilines is 1. The molecule has 0 aliphatic carbocycles. The molecule has 0 bridgehead atoms. The number of nitrogens with zero attached hydrogens (tertiary/aromatic N) is 6. The molecule has 2 aromatic carbocycles. The van der Waals surface area contributed by atoms with Gasteiger partial charge in [0.2, 0.25) is 23.6 Å². The van der Waals surface area contributed by atoms with Crippen LogP contribution in [0.2, 0.25) is 10.0 Å². The van der Waals surface area contributed by atoms with E-state index < -0.39 is 35.5 Å². The summed E-state index contributed by atoms with van der Waals surface area (Å²) in [6.45, 7) is 10.9. The van der Waals surface area contributed by atoms with Crippen LogP contribution in [0.1, 0.15) is 127 Å². The number of pyridine rings is 1. The van der Waals surface area contributed by atoms with Gasteiger partial charge >= 0.3 is 0 Å². The zero-order valence-electron chi connectivity index (χ0n) is 41.6. The summed E-state index contributed by atoms with van der Waals surface area (Å²) in [6, 6.07) is 10.7. The number of amides is 4. The Bertz CT molecular complexity index is 2690. The van der Waals surface area contributed by atoms with Crippen molar-refractivity contribution in [3.05, 3.63) is 99.2 Å². The zero-order chi connectivity index (χ0) is 51.7. The summed E-state index contributed by atoms with van der Waals surface area (Å²) in [5, 5.41) is 21.3. The Hall–Kier alpha value is -5.62. The number of benzene rings is 2. The Balaban J connectivity index is 0.780. The number of rotatable bonds is 20. The lowest BCUT2D eigenvalue weighted by Crippen LogP contribution is -2.57. The number of aryl methyl sites for hydroxylation is 1. The lowest BCUT2D eigenvalue weighted by atomic mass is 9.85. The molecule has 2 aliphatic rings. The Morgan fingerprint density at radius 3 is 2.32 bits per heavy atom. The number of hydrogen-bond acceptors (Lipinski definition) is 11. The molecule has 2 saturated heterocycles. The minimum Gasteiger partial charge on any atom is -0.482 e. The third-order valence-electron chi connectivity index (χ3n) is 13.6. The molecule has 5 aromatic rings. The predicted octanol–water partition coefficient (Wildman–Crippen LogP) is 9.64. The molecule has 3 aromatic heterocycles. The molecule has 72 heavy (non-hydrogen) atoms. The van der Waals surface area contributed by atoms with Crippen LogP contribution in [-0.2, 0) is 25.7 Å². The minimum absolute atomic E-state index is 0.0146. The molecular weight excluding hydrogens is 981 g/mol. The second-order valence-electron chi connectivity index (χ2n) is 20.0. The van der Waals surface area contributed by atoms with E-state index in [1.807, 2.05) is 73.2 Å². The molecule has 2 aliphatic heterocycles. The van der Waals surface area contributed by atoms with E-state index in [1.54, 1.807) is 36.7 Å². The van der Waals surface area contributed by atoms with Crippen molar-refractivity contribution < 1.29 is 33.4 Å². The van der Waals surface area contributed by atoms with Crippen LogP contribution in [0, 0.1) is 18.2 Å². The second kappa shape index (κ2) is 24.4. The van der Waals surface area contributed by atoms with E-state index in [1.165, 1.54) is 17.0 Å². The van der Waals surface area contributed by atoms with Gasteiger partial charge in [0.1, 0.15) is 24.0 Å². The van der Waals surface area contributed by atoms with Gasteiger partial charge in [0.15, 0.2) is 11.6 Å². The number of aliphatic hydroxyl groups is 1. The molecule has 0 spiro atoms. The van der Waals surface area contributed by atoms with E-state index in [2.05, 4.69) is 25.7 Å². The first-order chi connectivity index (χ1) is 34.4. The summed E-state index contributed by atoms with van der Waals surface area (Å²) in [7, 11) is 0. The highest BCUT2D eigenvalue weighted by molar-refractivity contribution is 7.13. The first kappa shape index (κ1) is 54.2. The minimum atomic E-state index is -0.878. The van der Waals surface area contributed by atoms with Crippen LogP contribution in [0.15, 0.2) is 66.6 Å². The number of halogens is 3. The third-order valence-corrected chi connectivity index (χ3v) is 15.2. The van der Waals surface area contributed by atoms with Crippen LogP contribution < -0.4 is 21.1 Å². The highest BCUT2D eigenvalue weighted by atomic mass is 35.5. The number of nitrogens with one attached hydrogen (secondary N) is 2. The quantitative estimate of drug-likeness (QED) is 0.0430. The average Bonchev–Trinajstić information content (AvgIpc) is 4.13. The van der Waals surface area contributed by atoms with Crippen molar-refractivity contribution >= 4 is 64.0 Å². The van der Waals surface area contributed by atoms with Gasteiger partial charge in [0.25, 0.3) is 0 Å². The van der Waals surface area contributed by atoms with Crippen molar-refractivity contribution in [2.45, 2.75) is 142 Å². The van der Waals surface area contributed by atoms with Gasteiger partial charge in [0, 0.05) is 79.5 Å². The van der Waals surface area contributed by atoms with Crippen molar-refractivity contribution in [3.8, 4) is 27.3 Å². The molecule has 19 heteroatoms. The first-order valence-corrected chi connectivity index (χ1v) is 26.4.